The van der Waals surface area contributed by atoms with E-state index in [-0.39, 0.29) is 11.7 Å². The van der Waals surface area contributed by atoms with Crippen LogP contribution in [0.15, 0.2) is 18.2 Å². The first-order chi connectivity index (χ1) is 7.50. The Kier molecular flexibility index (Phi) is 4.93. The summed E-state index contributed by atoms with van der Waals surface area (Å²) in [6, 6.07) is 4.37. The summed E-state index contributed by atoms with van der Waals surface area (Å²) in [6.45, 7) is 4.28. The molecule has 1 unspecified atom stereocenters. The number of hydrogen-bond donors (Lipinski definition) is 1. The maximum Gasteiger partial charge on any atom is 0.251 e. The third-order valence-corrected chi connectivity index (χ3v) is 2.71. The van der Waals surface area contributed by atoms with Crippen LogP contribution in [0.4, 0.5) is 4.39 Å². The number of alkyl halides is 1. The van der Waals surface area contributed by atoms with Gasteiger partial charge in [0.05, 0.1) is 0 Å². The van der Waals surface area contributed by atoms with E-state index in [1.54, 1.807) is 13.0 Å². The van der Waals surface area contributed by atoms with Crippen LogP contribution in [-0.2, 0) is 0 Å². The van der Waals surface area contributed by atoms with Crippen molar-refractivity contribution in [3.63, 3.8) is 0 Å². The van der Waals surface area contributed by atoms with Gasteiger partial charge in [-0.05, 0) is 37.1 Å². The van der Waals surface area contributed by atoms with E-state index in [1.807, 2.05) is 6.92 Å². The Morgan fingerprint density at radius 3 is 2.81 bits per heavy atom. The summed E-state index contributed by atoms with van der Waals surface area (Å²) >= 11 is 3.40. The van der Waals surface area contributed by atoms with Crippen LogP contribution in [0.5, 0.6) is 0 Å². The summed E-state index contributed by atoms with van der Waals surface area (Å²) < 4.78 is 13.0. The third kappa shape index (κ3) is 3.93. The average molecular weight is 288 g/mol. The zero-order chi connectivity index (χ0) is 12.1. The largest absolute Gasteiger partial charge is 0.352 e. The molecular weight excluding hydrogens is 273 g/mol. The Labute approximate surface area is 103 Å². The van der Waals surface area contributed by atoms with E-state index in [1.165, 1.54) is 12.1 Å². The van der Waals surface area contributed by atoms with Crippen LogP contribution < -0.4 is 5.32 Å². The topological polar surface area (TPSA) is 29.1 Å². The van der Waals surface area contributed by atoms with E-state index >= 15 is 0 Å². The molecule has 0 fully saturated rings. The second-order valence-electron chi connectivity index (χ2n) is 3.79. The van der Waals surface area contributed by atoms with Crippen LogP contribution in [0.1, 0.15) is 29.3 Å². The van der Waals surface area contributed by atoms with Crippen LogP contribution in [0.3, 0.4) is 0 Å². The fourth-order valence-electron chi connectivity index (χ4n) is 1.27. The molecule has 1 aromatic rings. The average Bonchev–Trinajstić information content (AvgIpc) is 2.21. The number of rotatable bonds is 4. The molecule has 1 aromatic carbocycles. The molecule has 88 valence electrons. The van der Waals surface area contributed by atoms with Gasteiger partial charge in [-0.1, -0.05) is 22.9 Å². The SMILES string of the molecule is Cc1cc(C(=O)NCCC(C)Br)ccc1F. The molecule has 16 heavy (non-hydrogen) atoms. The highest BCUT2D eigenvalue weighted by Gasteiger charge is 2.07. The van der Waals surface area contributed by atoms with E-state index in [4.69, 9.17) is 0 Å². The number of aryl methyl sites for hydroxylation is 1. The summed E-state index contributed by atoms with van der Waals surface area (Å²) in [5.41, 5.74) is 0.989. The van der Waals surface area contributed by atoms with E-state index in [9.17, 15) is 9.18 Å². The van der Waals surface area contributed by atoms with E-state index in [2.05, 4.69) is 21.2 Å². The molecule has 2 nitrogen and oxygen atoms in total. The lowest BCUT2D eigenvalue weighted by Gasteiger charge is -2.07. The zero-order valence-electron chi connectivity index (χ0n) is 9.39. The van der Waals surface area contributed by atoms with E-state index < -0.39 is 0 Å². The number of carbonyl (C=O) groups is 1. The van der Waals surface area contributed by atoms with Gasteiger partial charge in [0.1, 0.15) is 5.82 Å². The molecule has 0 saturated carbocycles. The first-order valence-corrected chi connectivity index (χ1v) is 6.10. The minimum atomic E-state index is -0.286. The van der Waals surface area contributed by atoms with Crippen LogP contribution >= 0.6 is 15.9 Å². The van der Waals surface area contributed by atoms with Crippen molar-refractivity contribution in [2.45, 2.75) is 25.1 Å². The lowest BCUT2D eigenvalue weighted by molar-refractivity contribution is 0.0953. The molecule has 0 spiro atoms. The number of amides is 1. The van der Waals surface area contributed by atoms with Crippen molar-refractivity contribution in [3.8, 4) is 0 Å². The van der Waals surface area contributed by atoms with Crippen molar-refractivity contribution in [3.05, 3.63) is 35.1 Å². The Morgan fingerprint density at radius 1 is 1.56 bits per heavy atom. The fraction of sp³-hybridized carbons (Fsp3) is 0.417. The van der Waals surface area contributed by atoms with E-state index in [0.29, 0.717) is 22.5 Å². The number of hydrogen-bond acceptors (Lipinski definition) is 1. The van der Waals surface area contributed by atoms with Crippen LogP contribution in [0.25, 0.3) is 0 Å². The normalized spacial score (nSPS) is 12.2. The fourth-order valence-corrected chi connectivity index (χ4v) is 1.50. The maximum atomic E-state index is 13.0. The summed E-state index contributed by atoms with van der Waals surface area (Å²) in [7, 11) is 0. The van der Waals surface area contributed by atoms with Crippen molar-refractivity contribution in [2.24, 2.45) is 0 Å². The Hall–Kier alpha value is -0.900. The summed E-state index contributed by atoms with van der Waals surface area (Å²) in [5.74, 6) is -0.443. The van der Waals surface area contributed by atoms with Gasteiger partial charge in [0.15, 0.2) is 0 Å². The lowest BCUT2D eigenvalue weighted by atomic mass is 10.1. The van der Waals surface area contributed by atoms with Gasteiger partial charge in [-0.15, -0.1) is 0 Å². The molecule has 1 atom stereocenters. The Balaban J connectivity index is 2.56. The monoisotopic (exact) mass is 287 g/mol. The molecule has 0 heterocycles. The highest BCUT2D eigenvalue weighted by atomic mass is 79.9. The predicted molar refractivity (Wildman–Crippen MR) is 66.5 cm³/mol. The van der Waals surface area contributed by atoms with Crippen molar-refractivity contribution in [1.82, 2.24) is 5.32 Å². The Morgan fingerprint density at radius 2 is 2.25 bits per heavy atom. The number of nitrogens with one attached hydrogen (secondary N) is 1. The lowest BCUT2D eigenvalue weighted by Crippen LogP contribution is -2.25. The van der Waals surface area contributed by atoms with Crippen molar-refractivity contribution in [2.75, 3.05) is 6.54 Å². The number of carbonyl (C=O) groups excluding carboxylic acids is 1. The van der Waals surface area contributed by atoms with Crippen molar-refractivity contribution < 1.29 is 9.18 Å². The van der Waals surface area contributed by atoms with Gasteiger partial charge in [0, 0.05) is 16.9 Å². The number of halogens is 2. The van der Waals surface area contributed by atoms with Gasteiger partial charge in [-0.2, -0.15) is 0 Å². The predicted octanol–water partition coefficient (Wildman–Crippen LogP) is 3.04. The first-order valence-electron chi connectivity index (χ1n) is 5.19. The van der Waals surface area contributed by atoms with Gasteiger partial charge in [-0.25, -0.2) is 4.39 Å². The molecule has 0 saturated heterocycles. The van der Waals surface area contributed by atoms with Gasteiger partial charge >= 0.3 is 0 Å². The molecule has 0 bridgehead atoms. The number of benzene rings is 1. The zero-order valence-corrected chi connectivity index (χ0v) is 11.0. The highest BCUT2D eigenvalue weighted by Crippen LogP contribution is 2.09. The Bertz CT molecular complexity index is 379. The van der Waals surface area contributed by atoms with Gasteiger partial charge in [-0.3, -0.25) is 4.79 Å². The smallest absolute Gasteiger partial charge is 0.251 e. The molecule has 0 aromatic heterocycles. The van der Waals surface area contributed by atoms with Crippen LogP contribution in [0, 0.1) is 12.7 Å². The van der Waals surface area contributed by atoms with Crippen molar-refractivity contribution in [1.29, 1.82) is 0 Å². The molecule has 0 aliphatic carbocycles. The summed E-state index contributed by atoms with van der Waals surface area (Å²) in [5, 5.41) is 2.79. The van der Waals surface area contributed by atoms with Gasteiger partial charge in [0.2, 0.25) is 0 Å². The molecule has 1 amide bonds. The third-order valence-electron chi connectivity index (χ3n) is 2.25. The summed E-state index contributed by atoms with van der Waals surface area (Å²) in [4.78, 5) is 12.0. The summed E-state index contributed by atoms with van der Waals surface area (Å²) in [6.07, 6.45) is 0.867. The molecular formula is C12H15BrFNO. The first kappa shape index (κ1) is 13.2. The molecule has 1 rings (SSSR count). The molecule has 0 radical (unpaired) electrons. The molecule has 4 heteroatoms. The maximum absolute atomic E-state index is 13.0. The standard InChI is InChI=1S/C12H15BrFNO/c1-8-7-10(3-4-11(8)14)12(16)15-6-5-9(2)13/h3-4,7,9H,5-6H2,1-2H3,(H,15,16). The van der Waals surface area contributed by atoms with Crippen LogP contribution in [0.2, 0.25) is 0 Å². The van der Waals surface area contributed by atoms with Gasteiger partial charge < -0.3 is 5.32 Å². The van der Waals surface area contributed by atoms with Crippen molar-refractivity contribution >= 4 is 21.8 Å². The highest BCUT2D eigenvalue weighted by molar-refractivity contribution is 9.09. The quantitative estimate of drug-likeness (QED) is 0.848. The molecule has 0 aliphatic rings. The minimum absolute atomic E-state index is 0.156. The second kappa shape index (κ2) is 5.99. The van der Waals surface area contributed by atoms with E-state index in [0.717, 1.165) is 6.42 Å². The second-order valence-corrected chi connectivity index (χ2v) is 5.35. The molecule has 1 N–H and O–H groups in total. The van der Waals surface area contributed by atoms with Gasteiger partial charge in [0.25, 0.3) is 5.91 Å². The van der Waals surface area contributed by atoms with Crippen LogP contribution in [-0.4, -0.2) is 17.3 Å². The minimum Gasteiger partial charge on any atom is -0.352 e. The molecule has 0 aliphatic heterocycles.